The Morgan fingerprint density at radius 1 is 1.30 bits per heavy atom. The number of benzene rings is 1. The van der Waals surface area contributed by atoms with E-state index in [1.165, 1.54) is 5.56 Å². The highest BCUT2D eigenvalue weighted by Gasteiger charge is 2.13. The molecule has 1 aliphatic heterocycles. The van der Waals surface area contributed by atoms with Gasteiger partial charge in [0.05, 0.1) is 6.54 Å². The van der Waals surface area contributed by atoms with Gasteiger partial charge in [-0.1, -0.05) is 26.0 Å². The molecular weight excluding hydrogens is 250 g/mol. The lowest BCUT2D eigenvalue weighted by Gasteiger charge is -2.26. The second kappa shape index (κ2) is 7.41. The summed E-state index contributed by atoms with van der Waals surface area (Å²) in [6, 6.07) is 8.21. The normalized spacial score (nSPS) is 17.7. The SMILES string of the molecule is CCC(C)c1ccc(NC(=O)CN2CCNCC2)cc1. The molecule has 1 aliphatic rings. The Hall–Kier alpha value is -1.39. The van der Waals surface area contributed by atoms with Crippen LogP contribution in [0, 0.1) is 0 Å². The van der Waals surface area contributed by atoms with Crippen LogP contribution in [0.2, 0.25) is 0 Å². The van der Waals surface area contributed by atoms with Crippen molar-refractivity contribution in [1.29, 1.82) is 0 Å². The molecule has 0 aliphatic carbocycles. The minimum atomic E-state index is 0.0724. The van der Waals surface area contributed by atoms with Gasteiger partial charge in [-0.3, -0.25) is 9.69 Å². The lowest BCUT2D eigenvalue weighted by molar-refractivity contribution is -0.117. The van der Waals surface area contributed by atoms with E-state index in [0.29, 0.717) is 12.5 Å². The second-order valence-corrected chi connectivity index (χ2v) is 5.51. The molecule has 4 nitrogen and oxygen atoms in total. The summed E-state index contributed by atoms with van der Waals surface area (Å²) in [7, 11) is 0. The summed E-state index contributed by atoms with van der Waals surface area (Å²) in [4.78, 5) is 14.2. The Morgan fingerprint density at radius 2 is 1.95 bits per heavy atom. The van der Waals surface area contributed by atoms with Gasteiger partial charge in [0.1, 0.15) is 0 Å². The molecule has 0 bridgehead atoms. The van der Waals surface area contributed by atoms with Gasteiger partial charge in [-0.05, 0) is 30.0 Å². The number of carbonyl (C=O) groups excluding carboxylic acids is 1. The van der Waals surface area contributed by atoms with Crippen LogP contribution < -0.4 is 10.6 Å². The molecule has 1 fully saturated rings. The van der Waals surface area contributed by atoms with E-state index in [4.69, 9.17) is 0 Å². The number of rotatable bonds is 5. The minimum Gasteiger partial charge on any atom is -0.325 e. The summed E-state index contributed by atoms with van der Waals surface area (Å²) < 4.78 is 0. The highest BCUT2D eigenvalue weighted by Crippen LogP contribution is 2.20. The molecule has 1 aromatic carbocycles. The molecule has 20 heavy (non-hydrogen) atoms. The first-order chi connectivity index (χ1) is 9.69. The average molecular weight is 275 g/mol. The third-order valence-corrected chi connectivity index (χ3v) is 3.95. The van der Waals surface area contributed by atoms with E-state index in [2.05, 4.69) is 41.5 Å². The summed E-state index contributed by atoms with van der Waals surface area (Å²) in [5, 5.41) is 6.26. The van der Waals surface area contributed by atoms with Crippen LogP contribution in [0.5, 0.6) is 0 Å². The zero-order valence-electron chi connectivity index (χ0n) is 12.5. The maximum atomic E-state index is 12.0. The number of anilines is 1. The molecule has 0 spiro atoms. The largest absolute Gasteiger partial charge is 0.325 e. The molecule has 1 unspecified atom stereocenters. The van der Waals surface area contributed by atoms with Crippen molar-refractivity contribution >= 4 is 11.6 Å². The van der Waals surface area contributed by atoms with Crippen molar-refractivity contribution in [3.63, 3.8) is 0 Å². The van der Waals surface area contributed by atoms with E-state index in [1.807, 2.05) is 12.1 Å². The van der Waals surface area contributed by atoms with Crippen molar-refractivity contribution in [1.82, 2.24) is 10.2 Å². The van der Waals surface area contributed by atoms with Crippen LogP contribution in [0.4, 0.5) is 5.69 Å². The quantitative estimate of drug-likeness (QED) is 0.864. The molecule has 1 heterocycles. The number of piperazine rings is 1. The van der Waals surface area contributed by atoms with E-state index in [0.717, 1.165) is 38.3 Å². The van der Waals surface area contributed by atoms with Crippen molar-refractivity contribution in [3.05, 3.63) is 29.8 Å². The Bertz CT molecular complexity index is 424. The fourth-order valence-electron chi connectivity index (χ4n) is 2.40. The first-order valence-electron chi connectivity index (χ1n) is 7.52. The van der Waals surface area contributed by atoms with Crippen LogP contribution in [0.25, 0.3) is 0 Å². The molecule has 0 radical (unpaired) electrons. The first-order valence-corrected chi connectivity index (χ1v) is 7.52. The Labute approximate surface area is 121 Å². The average Bonchev–Trinajstić information content (AvgIpc) is 2.48. The zero-order valence-corrected chi connectivity index (χ0v) is 12.5. The predicted octanol–water partition coefficient (Wildman–Crippen LogP) is 2.04. The molecule has 1 atom stereocenters. The van der Waals surface area contributed by atoms with Gasteiger partial charge >= 0.3 is 0 Å². The summed E-state index contributed by atoms with van der Waals surface area (Å²) in [5.41, 5.74) is 2.21. The maximum absolute atomic E-state index is 12.0. The van der Waals surface area contributed by atoms with E-state index in [-0.39, 0.29) is 5.91 Å². The third-order valence-electron chi connectivity index (χ3n) is 3.95. The monoisotopic (exact) mass is 275 g/mol. The predicted molar refractivity (Wildman–Crippen MR) is 83.1 cm³/mol. The standard InChI is InChI=1S/C16H25N3O/c1-3-13(2)14-4-6-15(7-5-14)18-16(20)12-19-10-8-17-9-11-19/h4-7,13,17H,3,8-12H2,1-2H3,(H,18,20). The van der Waals surface area contributed by atoms with Gasteiger partial charge in [0, 0.05) is 31.9 Å². The van der Waals surface area contributed by atoms with E-state index in [9.17, 15) is 4.79 Å². The van der Waals surface area contributed by atoms with Gasteiger partial charge in [-0.25, -0.2) is 0 Å². The molecule has 1 amide bonds. The summed E-state index contributed by atoms with van der Waals surface area (Å²) in [5.74, 6) is 0.642. The lowest BCUT2D eigenvalue weighted by Crippen LogP contribution is -2.46. The fourth-order valence-corrected chi connectivity index (χ4v) is 2.40. The van der Waals surface area contributed by atoms with E-state index >= 15 is 0 Å². The molecule has 0 aromatic heterocycles. The van der Waals surface area contributed by atoms with Crippen molar-refractivity contribution in [2.75, 3.05) is 38.0 Å². The third kappa shape index (κ3) is 4.32. The highest BCUT2D eigenvalue weighted by atomic mass is 16.2. The Kier molecular flexibility index (Phi) is 5.56. The van der Waals surface area contributed by atoms with Crippen LogP contribution in [0.1, 0.15) is 31.7 Å². The van der Waals surface area contributed by atoms with E-state index in [1.54, 1.807) is 0 Å². The van der Waals surface area contributed by atoms with Crippen molar-refractivity contribution in [2.24, 2.45) is 0 Å². The summed E-state index contributed by atoms with van der Waals surface area (Å²) >= 11 is 0. The molecule has 1 saturated heterocycles. The highest BCUT2D eigenvalue weighted by molar-refractivity contribution is 5.92. The summed E-state index contributed by atoms with van der Waals surface area (Å²) in [6.45, 7) is 8.72. The molecular formula is C16H25N3O. The second-order valence-electron chi connectivity index (χ2n) is 5.51. The smallest absolute Gasteiger partial charge is 0.238 e. The topological polar surface area (TPSA) is 44.4 Å². The lowest BCUT2D eigenvalue weighted by atomic mass is 9.99. The molecule has 1 aromatic rings. The molecule has 0 saturated carbocycles. The number of nitrogens with one attached hydrogen (secondary N) is 2. The van der Waals surface area contributed by atoms with Gasteiger partial charge in [-0.15, -0.1) is 0 Å². The number of hydrogen-bond acceptors (Lipinski definition) is 3. The van der Waals surface area contributed by atoms with Crippen molar-refractivity contribution in [2.45, 2.75) is 26.2 Å². The minimum absolute atomic E-state index is 0.0724. The van der Waals surface area contributed by atoms with Crippen LogP contribution >= 0.6 is 0 Å². The Morgan fingerprint density at radius 3 is 2.55 bits per heavy atom. The van der Waals surface area contributed by atoms with Crippen LogP contribution in [-0.2, 0) is 4.79 Å². The number of carbonyl (C=O) groups is 1. The first kappa shape index (κ1) is 15.0. The van der Waals surface area contributed by atoms with Crippen LogP contribution in [-0.4, -0.2) is 43.5 Å². The van der Waals surface area contributed by atoms with Gasteiger partial charge in [0.15, 0.2) is 0 Å². The van der Waals surface area contributed by atoms with Gasteiger partial charge in [-0.2, -0.15) is 0 Å². The van der Waals surface area contributed by atoms with Crippen LogP contribution in [0.3, 0.4) is 0 Å². The summed E-state index contributed by atoms with van der Waals surface area (Å²) in [6.07, 6.45) is 1.13. The molecule has 4 heteroatoms. The maximum Gasteiger partial charge on any atom is 0.238 e. The molecule has 110 valence electrons. The Balaban J connectivity index is 1.84. The molecule has 2 rings (SSSR count). The van der Waals surface area contributed by atoms with Crippen molar-refractivity contribution < 1.29 is 4.79 Å². The van der Waals surface area contributed by atoms with Crippen LogP contribution in [0.15, 0.2) is 24.3 Å². The zero-order chi connectivity index (χ0) is 14.4. The van der Waals surface area contributed by atoms with E-state index < -0.39 is 0 Å². The van der Waals surface area contributed by atoms with Crippen molar-refractivity contribution in [3.8, 4) is 0 Å². The fraction of sp³-hybridized carbons (Fsp3) is 0.562. The number of nitrogens with zero attached hydrogens (tertiary/aromatic N) is 1. The number of amides is 1. The molecule has 2 N–H and O–H groups in total. The van der Waals surface area contributed by atoms with Gasteiger partial charge in [0.25, 0.3) is 0 Å². The van der Waals surface area contributed by atoms with Gasteiger partial charge < -0.3 is 10.6 Å². The number of hydrogen-bond donors (Lipinski definition) is 2. The van der Waals surface area contributed by atoms with Gasteiger partial charge in [0.2, 0.25) is 5.91 Å².